The highest BCUT2D eigenvalue weighted by Gasteiger charge is 2.23. The summed E-state index contributed by atoms with van der Waals surface area (Å²) in [7, 11) is 0. The van der Waals surface area contributed by atoms with Gasteiger partial charge in [-0.3, -0.25) is 9.59 Å². The summed E-state index contributed by atoms with van der Waals surface area (Å²) < 4.78 is 13.7. The maximum atomic E-state index is 13.7. The molecule has 1 fully saturated rings. The second-order valence-corrected chi connectivity index (χ2v) is 9.46. The summed E-state index contributed by atoms with van der Waals surface area (Å²) in [5.41, 5.74) is 1.97. The Kier molecular flexibility index (Phi) is 7.08. The fraction of sp³-hybridized carbons (Fsp3) is 0.148. The van der Waals surface area contributed by atoms with E-state index in [4.69, 9.17) is 0 Å². The van der Waals surface area contributed by atoms with E-state index < -0.39 is 11.7 Å². The number of hydrogen-bond acceptors (Lipinski definition) is 8. The van der Waals surface area contributed by atoms with E-state index in [9.17, 15) is 24.3 Å². The first-order valence-electron chi connectivity index (χ1n) is 11.7. The molecule has 2 aromatic heterocycles. The SMILES string of the molecule is N#Cc1c(-c2cccc(NC(=O)[C@@H]3CCCN3)c2)cc(-c2ccc(F)cc2O)nc1NC(=O)c1nccs1. The molecule has 1 atom stereocenters. The molecule has 4 N–H and O–H groups in total. The predicted octanol–water partition coefficient (Wildman–Crippen LogP) is 4.53. The lowest BCUT2D eigenvalue weighted by molar-refractivity contribution is -0.117. The number of aromatic hydroxyl groups is 1. The van der Waals surface area contributed by atoms with Crippen molar-refractivity contribution in [2.24, 2.45) is 0 Å². The molecule has 5 rings (SSSR count). The van der Waals surface area contributed by atoms with Crippen LogP contribution in [0, 0.1) is 17.1 Å². The molecule has 0 spiro atoms. The number of nitrogens with one attached hydrogen (secondary N) is 3. The number of aromatic nitrogens is 2. The fourth-order valence-electron chi connectivity index (χ4n) is 4.23. The third-order valence-corrected chi connectivity index (χ3v) is 6.82. The number of rotatable bonds is 6. The van der Waals surface area contributed by atoms with Crippen molar-refractivity contribution in [3.05, 3.63) is 76.5 Å². The van der Waals surface area contributed by atoms with Gasteiger partial charge in [0, 0.05) is 34.5 Å². The summed E-state index contributed by atoms with van der Waals surface area (Å²) in [4.78, 5) is 33.8. The van der Waals surface area contributed by atoms with Crippen molar-refractivity contribution in [3.8, 4) is 34.2 Å². The summed E-state index contributed by atoms with van der Waals surface area (Å²) >= 11 is 1.13. The summed E-state index contributed by atoms with van der Waals surface area (Å²) in [5, 5.41) is 31.0. The van der Waals surface area contributed by atoms with E-state index in [0.29, 0.717) is 16.8 Å². The normalized spacial score (nSPS) is 14.6. The number of hydrogen-bond donors (Lipinski definition) is 4. The van der Waals surface area contributed by atoms with E-state index in [1.165, 1.54) is 18.3 Å². The van der Waals surface area contributed by atoms with Gasteiger partial charge in [-0.2, -0.15) is 5.26 Å². The van der Waals surface area contributed by atoms with Crippen molar-refractivity contribution < 1.29 is 19.1 Å². The Hall–Kier alpha value is -4.66. The van der Waals surface area contributed by atoms with Crippen LogP contribution in [0.2, 0.25) is 0 Å². The van der Waals surface area contributed by atoms with Crippen molar-refractivity contribution in [3.63, 3.8) is 0 Å². The molecule has 0 radical (unpaired) electrons. The van der Waals surface area contributed by atoms with Gasteiger partial charge in [0.2, 0.25) is 5.91 Å². The minimum absolute atomic E-state index is 0.0477. The van der Waals surface area contributed by atoms with Gasteiger partial charge >= 0.3 is 0 Å². The summed E-state index contributed by atoms with van der Waals surface area (Å²) in [5.74, 6) is -1.73. The van der Waals surface area contributed by atoms with Gasteiger partial charge in [-0.25, -0.2) is 14.4 Å². The number of anilines is 2. The lowest BCUT2D eigenvalue weighted by Gasteiger charge is -2.15. The molecular formula is C27H21FN6O3S. The molecule has 2 amide bonds. The topological polar surface area (TPSA) is 140 Å². The van der Waals surface area contributed by atoms with Crippen LogP contribution in [0.15, 0.2) is 60.1 Å². The van der Waals surface area contributed by atoms with E-state index in [-0.39, 0.29) is 45.3 Å². The average molecular weight is 529 g/mol. The predicted molar refractivity (Wildman–Crippen MR) is 141 cm³/mol. The lowest BCUT2D eigenvalue weighted by Crippen LogP contribution is -2.35. The maximum Gasteiger partial charge on any atom is 0.285 e. The first-order chi connectivity index (χ1) is 18.4. The number of benzene rings is 2. The van der Waals surface area contributed by atoms with Crippen LogP contribution >= 0.6 is 11.3 Å². The number of thiazole rings is 1. The third-order valence-electron chi connectivity index (χ3n) is 6.04. The Bertz CT molecular complexity index is 1560. The van der Waals surface area contributed by atoms with Gasteiger partial charge in [0.1, 0.15) is 23.2 Å². The molecule has 1 aliphatic heterocycles. The van der Waals surface area contributed by atoms with Gasteiger partial charge < -0.3 is 21.1 Å². The van der Waals surface area contributed by atoms with Gasteiger partial charge in [0.15, 0.2) is 10.8 Å². The van der Waals surface area contributed by atoms with Gasteiger partial charge in [-0.15, -0.1) is 11.3 Å². The number of phenols is 1. The molecule has 0 saturated carbocycles. The Morgan fingerprint density at radius 3 is 2.74 bits per heavy atom. The maximum absolute atomic E-state index is 13.7. The highest BCUT2D eigenvalue weighted by atomic mass is 32.1. The van der Waals surface area contributed by atoms with Crippen LogP contribution in [-0.2, 0) is 4.79 Å². The number of nitriles is 1. The van der Waals surface area contributed by atoms with Gasteiger partial charge in [0.05, 0.1) is 11.7 Å². The van der Waals surface area contributed by atoms with Gasteiger partial charge in [-0.05, 0) is 55.3 Å². The Balaban J connectivity index is 1.60. The largest absolute Gasteiger partial charge is 0.507 e. The van der Waals surface area contributed by atoms with Crippen molar-refractivity contribution in [2.45, 2.75) is 18.9 Å². The molecule has 9 nitrogen and oxygen atoms in total. The van der Waals surface area contributed by atoms with E-state index in [1.54, 1.807) is 35.7 Å². The lowest BCUT2D eigenvalue weighted by atomic mass is 9.97. The molecule has 1 saturated heterocycles. The Morgan fingerprint density at radius 1 is 1.16 bits per heavy atom. The number of carbonyl (C=O) groups excluding carboxylic acids is 2. The number of carbonyl (C=O) groups is 2. The number of pyridine rings is 1. The Morgan fingerprint density at radius 2 is 2.03 bits per heavy atom. The molecular weight excluding hydrogens is 507 g/mol. The van der Waals surface area contributed by atoms with E-state index in [0.717, 1.165) is 36.8 Å². The van der Waals surface area contributed by atoms with Crippen molar-refractivity contribution in [1.29, 1.82) is 5.26 Å². The monoisotopic (exact) mass is 528 g/mol. The van der Waals surface area contributed by atoms with Crippen LogP contribution in [0.3, 0.4) is 0 Å². The summed E-state index contributed by atoms with van der Waals surface area (Å²) in [6.45, 7) is 0.787. The zero-order chi connectivity index (χ0) is 26.6. The van der Waals surface area contributed by atoms with E-state index in [2.05, 4.69) is 32.0 Å². The van der Waals surface area contributed by atoms with Crippen molar-refractivity contribution in [2.75, 3.05) is 17.2 Å². The van der Waals surface area contributed by atoms with Crippen molar-refractivity contribution >= 4 is 34.7 Å². The zero-order valence-corrected chi connectivity index (χ0v) is 20.7. The van der Waals surface area contributed by atoms with Gasteiger partial charge in [0.25, 0.3) is 5.91 Å². The van der Waals surface area contributed by atoms with Crippen LogP contribution in [0.1, 0.15) is 28.2 Å². The smallest absolute Gasteiger partial charge is 0.285 e. The molecule has 3 heterocycles. The first-order valence-corrected chi connectivity index (χ1v) is 12.6. The van der Waals surface area contributed by atoms with Gasteiger partial charge in [-0.1, -0.05) is 12.1 Å². The van der Waals surface area contributed by atoms with Crippen LogP contribution in [0.4, 0.5) is 15.9 Å². The second kappa shape index (κ2) is 10.8. The second-order valence-electron chi connectivity index (χ2n) is 8.56. The molecule has 0 bridgehead atoms. The highest BCUT2D eigenvalue weighted by molar-refractivity contribution is 7.11. The number of halogens is 1. The van der Waals surface area contributed by atoms with Crippen LogP contribution < -0.4 is 16.0 Å². The minimum Gasteiger partial charge on any atom is -0.507 e. The summed E-state index contributed by atoms with van der Waals surface area (Å²) in [6.07, 6.45) is 3.16. The number of phenolic OH excluding ortho intramolecular Hbond substituents is 1. The van der Waals surface area contributed by atoms with E-state index in [1.807, 2.05) is 0 Å². The third kappa shape index (κ3) is 5.22. The molecule has 4 aromatic rings. The summed E-state index contributed by atoms with van der Waals surface area (Å²) in [6, 6.07) is 13.8. The Labute approximate surface area is 221 Å². The highest BCUT2D eigenvalue weighted by Crippen LogP contribution is 2.36. The zero-order valence-electron chi connectivity index (χ0n) is 19.9. The molecule has 2 aromatic carbocycles. The number of amides is 2. The van der Waals surface area contributed by atoms with Crippen LogP contribution in [0.5, 0.6) is 5.75 Å². The molecule has 0 unspecified atom stereocenters. The van der Waals surface area contributed by atoms with Crippen LogP contribution in [0.25, 0.3) is 22.4 Å². The van der Waals surface area contributed by atoms with Crippen LogP contribution in [-0.4, -0.2) is 39.5 Å². The average Bonchev–Trinajstić information content (AvgIpc) is 3.64. The minimum atomic E-state index is -0.627. The first kappa shape index (κ1) is 25.0. The molecule has 0 aliphatic carbocycles. The number of nitrogens with zero attached hydrogens (tertiary/aromatic N) is 3. The van der Waals surface area contributed by atoms with Crippen molar-refractivity contribution in [1.82, 2.24) is 15.3 Å². The molecule has 1 aliphatic rings. The molecule has 38 heavy (non-hydrogen) atoms. The quantitative estimate of drug-likeness (QED) is 0.288. The molecule has 11 heteroatoms. The standard InChI is InChI=1S/C27H21FN6O3S/c28-16-6-7-18(23(35)12-16)22-13-19(20(14-29)24(33-22)34-26(37)27-31-9-10-38-27)15-3-1-4-17(11-15)32-25(36)21-5-2-8-30-21/h1,3-4,6-7,9-13,21,30,35H,2,5,8H2,(H,32,36)(H,33,34,37)/t21-/m0/s1. The van der Waals surface area contributed by atoms with E-state index >= 15 is 0 Å². The fourth-order valence-corrected chi connectivity index (χ4v) is 4.76. The molecule has 190 valence electrons.